The fourth-order valence-electron chi connectivity index (χ4n) is 9.62. The fourth-order valence-corrected chi connectivity index (χ4v) is 18.8. The molecule has 10 nitrogen and oxygen atoms in total. The van der Waals surface area contributed by atoms with Crippen molar-refractivity contribution < 1.29 is 46.2 Å². The third kappa shape index (κ3) is 18.2. The standard InChI is InChI=1S/C60H94O10Si4/c1-57(2,3)73(18,19)68-54(38-41-67-74(58(4,5)6,51-28-22-20-23-29-51)52-30-24-21-25-31-52)56(66-46-47-32-35-50(62-9)36-33-47)60(8,70-72(15,16)17)44-49(61)27-26-39-59(7,69-71(12,13)14)40-42-65-45-48-34-37-53(63-10)55(43-48)64-11/h20-37,43,54,56H,38-42,44-46H2,1-19H3/b27-26+/t54-,56-,59+,60+/m0/s1. The lowest BCUT2D eigenvalue weighted by atomic mass is 9.87. The molecule has 0 radical (unpaired) electrons. The van der Waals surface area contributed by atoms with Crippen LogP contribution < -0.4 is 24.6 Å². The lowest BCUT2D eigenvalue weighted by Gasteiger charge is -2.48. The van der Waals surface area contributed by atoms with Gasteiger partial charge in [0.2, 0.25) is 0 Å². The predicted octanol–water partition coefficient (Wildman–Crippen LogP) is 13.7. The molecule has 0 bridgehead atoms. The van der Waals surface area contributed by atoms with Gasteiger partial charge in [0.15, 0.2) is 42.2 Å². The second-order valence-corrected chi connectivity index (χ2v) is 42.6. The fraction of sp³-hybridized carbons (Fsp3) is 0.550. The van der Waals surface area contributed by atoms with Gasteiger partial charge >= 0.3 is 0 Å². The van der Waals surface area contributed by atoms with Crippen molar-refractivity contribution in [3.63, 3.8) is 0 Å². The highest BCUT2D eigenvalue weighted by Crippen LogP contribution is 2.42. The van der Waals surface area contributed by atoms with Gasteiger partial charge in [-0.15, -0.1) is 0 Å². The maximum atomic E-state index is 14.8. The average molecular weight is 1090 g/mol. The number of ketones is 1. The molecule has 410 valence electrons. The highest BCUT2D eigenvalue weighted by atomic mass is 28.4. The minimum atomic E-state index is -2.92. The number of benzene rings is 4. The predicted molar refractivity (Wildman–Crippen MR) is 315 cm³/mol. The number of allylic oxidation sites excluding steroid dienone is 1. The second kappa shape index (κ2) is 26.6. The van der Waals surface area contributed by atoms with Gasteiger partial charge in [-0.1, -0.05) is 126 Å². The maximum Gasteiger partial charge on any atom is 0.261 e. The Morgan fingerprint density at radius 3 is 1.66 bits per heavy atom. The molecule has 74 heavy (non-hydrogen) atoms. The lowest BCUT2D eigenvalue weighted by molar-refractivity contribution is -0.152. The Hall–Kier alpha value is -3.68. The van der Waals surface area contributed by atoms with Gasteiger partial charge < -0.3 is 41.4 Å². The van der Waals surface area contributed by atoms with Crippen molar-refractivity contribution in [1.29, 1.82) is 0 Å². The molecule has 4 atom stereocenters. The van der Waals surface area contributed by atoms with Gasteiger partial charge in [0.05, 0.1) is 51.8 Å². The van der Waals surface area contributed by atoms with Crippen molar-refractivity contribution in [1.82, 2.24) is 0 Å². The largest absolute Gasteiger partial charge is 0.497 e. The minimum Gasteiger partial charge on any atom is -0.497 e. The number of rotatable bonds is 30. The van der Waals surface area contributed by atoms with Crippen LogP contribution >= 0.6 is 0 Å². The molecule has 0 spiro atoms. The molecule has 0 unspecified atom stereocenters. The van der Waals surface area contributed by atoms with Gasteiger partial charge in [-0.25, -0.2) is 0 Å². The van der Waals surface area contributed by atoms with E-state index in [-0.39, 0.29) is 28.9 Å². The van der Waals surface area contributed by atoms with E-state index in [1.807, 2.05) is 48.5 Å². The Kier molecular flexibility index (Phi) is 22.6. The van der Waals surface area contributed by atoms with Gasteiger partial charge in [0.25, 0.3) is 8.32 Å². The number of ether oxygens (including phenoxy) is 5. The molecule has 4 aromatic rings. The second-order valence-electron chi connectivity index (χ2n) is 24.7. The zero-order valence-corrected chi connectivity index (χ0v) is 52.9. The Morgan fingerprint density at radius 1 is 0.608 bits per heavy atom. The van der Waals surface area contributed by atoms with Crippen LogP contribution in [-0.4, -0.2) is 97.0 Å². The van der Waals surface area contributed by atoms with Crippen LogP contribution in [-0.2, 0) is 45.2 Å². The summed E-state index contributed by atoms with van der Waals surface area (Å²) < 4.78 is 59.3. The van der Waals surface area contributed by atoms with Gasteiger partial charge in [-0.05, 0) is 147 Å². The van der Waals surface area contributed by atoms with Crippen LogP contribution in [0.1, 0.15) is 92.2 Å². The van der Waals surface area contributed by atoms with Crippen molar-refractivity contribution in [3.05, 3.63) is 126 Å². The number of methoxy groups -OCH3 is 3. The third-order valence-corrected chi connectivity index (χ3v) is 25.6. The van der Waals surface area contributed by atoms with Gasteiger partial charge in [0.1, 0.15) is 11.9 Å². The summed E-state index contributed by atoms with van der Waals surface area (Å²) in [5.74, 6) is 2.05. The van der Waals surface area contributed by atoms with E-state index in [2.05, 4.69) is 168 Å². The summed E-state index contributed by atoms with van der Waals surface area (Å²) in [7, 11) is -4.91. The van der Waals surface area contributed by atoms with Crippen molar-refractivity contribution in [2.45, 2.75) is 180 Å². The first-order valence-corrected chi connectivity index (χ1v) is 38.1. The van der Waals surface area contributed by atoms with E-state index in [1.54, 1.807) is 27.4 Å². The summed E-state index contributed by atoms with van der Waals surface area (Å²) in [6.45, 7) is 37.1. The Bertz CT molecular complexity index is 2310. The topological polar surface area (TPSA) is 100 Å². The van der Waals surface area contributed by atoms with Crippen LogP contribution in [0, 0.1) is 0 Å². The molecule has 0 aliphatic carbocycles. The van der Waals surface area contributed by atoms with E-state index in [0.717, 1.165) is 16.9 Å². The van der Waals surface area contributed by atoms with E-state index in [4.69, 9.17) is 41.4 Å². The first-order valence-electron chi connectivity index (χ1n) is 26.5. The first kappa shape index (κ1) is 62.9. The van der Waals surface area contributed by atoms with E-state index >= 15 is 0 Å². The molecule has 4 rings (SSSR count). The van der Waals surface area contributed by atoms with E-state index < -0.39 is 56.7 Å². The van der Waals surface area contributed by atoms with Crippen molar-refractivity contribution in [2.75, 3.05) is 34.5 Å². The van der Waals surface area contributed by atoms with E-state index in [1.165, 1.54) is 10.4 Å². The quantitative estimate of drug-likeness (QED) is 0.0285. The molecule has 0 saturated heterocycles. The van der Waals surface area contributed by atoms with Crippen LogP contribution in [0.5, 0.6) is 17.2 Å². The molecule has 0 saturated carbocycles. The molecular weight excluding hydrogens is 993 g/mol. The van der Waals surface area contributed by atoms with Crippen LogP contribution in [0.25, 0.3) is 0 Å². The molecule has 0 fully saturated rings. The van der Waals surface area contributed by atoms with Crippen LogP contribution in [0.4, 0.5) is 0 Å². The highest BCUT2D eigenvalue weighted by Gasteiger charge is 2.52. The van der Waals surface area contributed by atoms with Gasteiger partial charge in [-0.2, -0.15) is 0 Å². The zero-order valence-electron chi connectivity index (χ0n) is 48.9. The van der Waals surface area contributed by atoms with Gasteiger partial charge in [-0.3, -0.25) is 4.79 Å². The average Bonchev–Trinajstić information content (AvgIpc) is 3.30. The van der Waals surface area contributed by atoms with Crippen LogP contribution in [0.15, 0.2) is 115 Å². The van der Waals surface area contributed by atoms with E-state index in [9.17, 15) is 4.79 Å². The SMILES string of the molecule is COc1ccc(CO[C@@H]([C@H](CCO[Si](c2ccccc2)(c2ccccc2)C(C)(C)C)O[Si](C)(C)C(C)(C)C)[C@@](C)(CC(=O)/C=C/C[C@](C)(CCOCc2ccc(OC)c(OC)c2)O[Si](C)(C)C)O[Si](C)(C)C)cc1. The summed E-state index contributed by atoms with van der Waals surface area (Å²) in [5, 5.41) is 2.08. The maximum absolute atomic E-state index is 14.8. The smallest absolute Gasteiger partial charge is 0.261 e. The molecule has 0 N–H and O–H groups in total. The van der Waals surface area contributed by atoms with Crippen molar-refractivity contribution in [2.24, 2.45) is 0 Å². The molecule has 0 amide bonds. The Balaban J connectivity index is 1.75. The number of hydrogen-bond donors (Lipinski definition) is 0. The van der Waals surface area contributed by atoms with Crippen molar-refractivity contribution >= 4 is 49.4 Å². The summed E-state index contributed by atoms with van der Waals surface area (Å²) in [6.07, 6.45) is 4.28. The summed E-state index contributed by atoms with van der Waals surface area (Å²) in [5.41, 5.74) is 0.300. The monoisotopic (exact) mass is 1090 g/mol. The first-order chi connectivity index (χ1) is 34.4. The summed E-state index contributed by atoms with van der Waals surface area (Å²) in [4.78, 5) is 14.8. The molecule has 0 heterocycles. The minimum absolute atomic E-state index is 0.0570. The van der Waals surface area contributed by atoms with Crippen LogP contribution in [0.2, 0.25) is 62.5 Å². The summed E-state index contributed by atoms with van der Waals surface area (Å²) >= 11 is 0. The molecular formula is C60H94O10Si4. The van der Waals surface area contributed by atoms with Crippen LogP contribution in [0.3, 0.4) is 0 Å². The summed E-state index contributed by atoms with van der Waals surface area (Å²) in [6, 6.07) is 35.3. The lowest BCUT2D eigenvalue weighted by Crippen LogP contribution is -2.67. The molecule has 0 aromatic heterocycles. The number of carbonyl (C=O) groups is 1. The third-order valence-electron chi connectivity index (χ3n) is 13.9. The Morgan fingerprint density at radius 2 is 1.16 bits per heavy atom. The van der Waals surface area contributed by atoms with E-state index in [0.29, 0.717) is 50.6 Å². The molecule has 0 aliphatic heterocycles. The van der Waals surface area contributed by atoms with Gasteiger partial charge in [0, 0.05) is 19.6 Å². The molecule has 14 heteroatoms. The molecule has 0 aliphatic rings. The Labute approximate surface area is 451 Å². The number of carbonyl (C=O) groups excluding carboxylic acids is 1. The normalized spacial score (nSPS) is 15.6. The highest BCUT2D eigenvalue weighted by molar-refractivity contribution is 6.99. The molecule has 4 aromatic carbocycles. The number of hydrogen-bond acceptors (Lipinski definition) is 10. The zero-order chi connectivity index (χ0) is 55.2. The van der Waals surface area contributed by atoms with Crippen molar-refractivity contribution in [3.8, 4) is 17.2 Å².